The van der Waals surface area contributed by atoms with Crippen LogP contribution >= 0.6 is 11.8 Å². The fraction of sp³-hybridized carbons (Fsp3) is 1.00. The minimum absolute atomic E-state index is 0.123. The fourth-order valence-corrected chi connectivity index (χ4v) is 5.18. The SMILES string of the molecule is CN(C)S(=O)(=O)N1CCCSCC1CN1CCCC1. The lowest BCUT2D eigenvalue weighted by Gasteiger charge is -2.33. The third kappa shape index (κ3) is 3.85. The average molecular weight is 307 g/mol. The lowest BCUT2D eigenvalue weighted by Crippen LogP contribution is -2.51. The summed E-state index contributed by atoms with van der Waals surface area (Å²) in [4.78, 5) is 2.41. The van der Waals surface area contributed by atoms with E-state index < -0.39 is 10.2 Å². The molecule has 0 aliphatic carbocycles. The van der Waals surface area contributed by atoms with Gasteiger partial charge in [0.1, 0.15) is 0 Å². The van der Waals surface area contributed by atoms with Gasteiger partial charge in [-0.15, -0.1) is 0 Å². The van der Waals surface area contributed by atoms with Crippen LogP contribution in [0.1, 0.15) is 19.3 Å². The first-order chi connectivity index (χ1) is 9.01. The van der Waals surface area contributed by atoms with Gasteiger partial charge in [0.05, 0.1) is 0 Å². The van der Waals surface area contributed by atoms with E-state index in [1.54, 1.807) is 18.4 Å². The van der Waals surface area contributed by atoms with Gasteiger partial charge >= 0.3 is 0 Å². The Hall–Kier alpha value is 0.180. The van der Waals surface area contributed by atoms with E-state index in [0.29, 0.717) is 6.54 Å². The number of rotatable bonds is 4. The predicted molar refractivity (Wildman–Crippen MR) is 80.7 cm³/mol. The molecular formula is C12H25N3O2S2. The molecule has 2 aliphatic heterocycles. The Kier molecular flexibility index (Phi) is 5.54. The second kappa shape index (κ2) is 6.76. The summed E-state index contributed by atoms with van der Waals surface area (Å²) in [5.41, 5.74) is 0. The van der Waals surface area contributed by atoms with Gasteiger partial charge in [0, 0.05) is 39.0 Å². The van der Waals surface area contributed by atoms with Crippen molar-refractivity contribution in [2.75, 3.05) is 51.8 Å². The Morgan fingerprint density at radius 1 is 1.16 bits per heavy atom. The van der Waals surface area contributed by atoms with Crippen LogP contribution in [0.2, 0.25) is 0 Å². The smallest absolute Gasteiger partial charge is 0.281 e. The van der Waals surface area contributed by atoms with Crippen molar-refractivity contribution in [1.29, 1.82) is 0 Å². The Labute approximate surface area is 121 Å². The van der Waals surface area contributed by atoms with Crippen LogP contribution in [0.15, 0.2) is 0 Å². The van der Waals surface area contributed by atoms with Crippen molar-refractivity contribution in [3.63, 3.8) is 0 Å². The van der Waals surface area contributed by atoms with E-state index in [-0.39, 0.29) is 6.04 Å². The molecule has 2 rings (SSSR count). The molecule has 0 N–H and O–H groups in total. The van der Waals surface area contributed by atoms with Gasteiger partial charge in [-0.1, -0.05) is 0 Å². The fourth-order valence-electron chi connectivity index (χ4n) is 2.73. The molecule has 2 fully saturated rings. The van der Waals surface area contributed by atoms with Crippen molar-refractivity contribution in [1.82, 2.24) is 13.5 Å². The Morgan fingerprint density at radius 3 is 2.47 bits per heavy atom. The standard InChI is InChI=1S/C12H25N3O2S2/c1-13(2)19(16,17)15-8-5-9-18-11-12(15)10-14-6-3-4-7-14/h12H,3-11H2,1-2H3. The molecule has 7 heteroatoms. The summed E-state index contributed by atoms with van der Waals surface area (Å²) in [6.45, 7) is 3.79. The molecule has 1 unspecified atom stereocenters. The van der Waals surface area contributed by atoms with E-state index in [0.717, 1.165) is 37.6 Å². The third-order valence-electron chi connectivity index (χ3n) is 3.81. The maximum Gasteiger partial charge on any atom is 0.281 e. The van der Waals surface area contributed by atoms with Gasteiger partial charge in [-0.25, -0.2) is 0 Å². The summed E-state index contributed by atoms with van der Waals surface area (Å²) in [5.74, 6) is 1.99. The molecule has 5 nitrogen and oxygen atoms in total. The normalized spacial score (nSPS) is 27.8. The molecule has 0 aromatic heterocycles. The highest BCUT2D eigenvalue weighted by atomic mass is 32.2. The Balaban J connectivity index is 2.10. The summed E-state index contributed by atoms with van der Waals surface area (Å²) in [7, 11) is -0.0369. The molecule has 0 aromatic rings. The summed E-state index contributed by atoms with van der Waals surface area (Å²) in [5, 5.41) is 0. The van der Waals surface area contributed by atoms with Crippen LogP contribution in [0.25, 0.3) is 0 Å². The lowest BCUT2D eigenvalue weighted by atomic mass is 10.3. The van der Waals surface area contributed by atoms with Crippen molar-refractivity contribution in [2.45, 2.75) is 25.3 Å². The van der Waals surface area contributed by atoms with Gasteiger partial charge in [-0.3, -0.25) is 0 Å². The van der Waals surface area contributed by atoms with E-state index in [2.05, 4.69) is 4.90 Å². The van der Waals surface area contributed by atoms with Crippen LogP contribution in [0.3, 0.4) is 0 Å². The van der Waals surface area contributed by atoms with E-state index >= 15 is 0 Å². The average Bonchev–Trinajstić information content (AvgIpc) is 2.73. The highest BCUT2D eigenvalue weighted by Gasteiger charge is 2.34. The zero-order valence-electron chi connectivity index (χ0n) is 11.9. The molecule has 2 heterocycles. The van der Waals surface area contributed by atoms with Crippen molar-refractivity contribution >= 4 is 22.0 Å². The number of hydrogen-bond donors (Lipinski definition) is 0. The van der Waals surface area contributed by atoms with Crippen LogP contribution in [-0.4, -0.2) is 79.8 Å². The van der Waals surface area contributed by atoms with Crippen LogP contribution in [-0.2, 0) is 10.2 Å². The quantitative estimate of drug-likeness (QED) is 0.767. The molecule has 2 aliphatic rings. The largest absolute Gasteiger partial charge is 0.302 e. The Bertz CT molecular complexity index is 380. The van der Waals surface area contributed by atoms with Crippen molar-refractivity contribution in [3.8, 4) is 0 Å². The third-order valence-corrected chi connectivity index (χ3v) is 7.00. The molecule has 0 amide bonds. The van der Waals surface area contributed by atoms with E-state index in [1.807, 2.05) is 11.8 Å². The minimum atomic E-state index is -3.29. The van der Waals surface area contributed by atoms with Gasteiger partial charge in [0.2, 0.25) is 0 Å². The maximum absolute atomic E-state index is 12.4. The second-order valence-electron chi connectivity index (χ2n) is 5.49. The van der Waals surface area contributed by atoms with Crippen LogP contribution in [0.5, 0.6) is 0 Å². The summed E-state index contributed by atoms with van der Waals surface area (Å²) in [6, 6.07) is 0.123. The molecule has 0 bridgehead atoms. The Morgan fingerprint density at radius 2 is 1.84 bits per heavy atom. The lowest BCUT2D eigenvalue weighted by molar-refractivity contribution is 0.236. The van der Waals surface area contributed by atoms with Gasteiger partial charge in [-0.05, 0) is 38.1 Å². The van der Waals surface area contributed by atoms with E-state index in [1.165, 1.54) is 17.1 Å². The van der Waals surface area contributed by atoms with Crippen molar-refractivity contribution < 1.29 is 8.42 Å². The summed E-state index contributed by atoms with van der Waals surface area (Å²) in [6.07, 6.45) is 3.45. The summed E-state index contributed by atoms with van der Waals surface area (Å²) >= 11 is 1.89. The molecular weight excluding hydrogens is 282 g/mol. The highest BCUT2D eigenvalue weighted by Crippen LogP contribution is 2.22. The zero-order valence-corrected chi connectivity index (χ0v) is 13.5. The van der Waals surface area contributed by atoms with Crippen LogP contribution in [0, 0.1) is 0 Å². The molecule has 0 saturated carbocycles. The second-order valence-corrected chi connectivity index (χ2v) is 8.74. The van der Waals surface area contributed by atoms with E-state index in [4.69, 9.17) is 0 Å². The number of nitrogens with zero attached hydrogens (tertiary/aromatic N) is 3. The zero-order chi connectivity index (χ0) is 13.9. The summed E-state index contributed by atoms with van der Waals surface area (Å²) < 4.78 is 28.0. The van der Waals surface area contributed by atoms with Crippen molar-refractivity contribution in [2.24, 2.45) is 0 Å². The maximum atomic E-state index is 12.4. The molecule has 0 spiro atoms. The molecule has 1 atom stereocenters. The van der Waals surface area contributed by atoms with Gasteiger partial charge in [0.25, 0.3) is 10.2 Å². The topological polar surface area (TPSA) is 43.9 Å². The molecule has 0 radical (unpaired) electrons. The number of hydrogen-bond acceptors (Lipinski definition) is 4. The number of likely N-dealkylation sites (tertiary alicyclic amines) is 1. The highest BCUT2D eigenvalue weighted by molar-refractivity contribution is 7.99. The van der Waals surface area contributed by atoms with E-state index in [9.17, 15) is 8.42 Å². The van der Waals surface area contributed by atoms with Gasteiger partial charge in [0.15, 0.2) is 0 Å². The molecule has 2 saturated heterocycles. The molecule has 112 valence electrons. The molecule has 0 aromatic carbocycles. The van der Waals surface area contributed by atoms with Crippen LogP contribution in [0.4, 0.5) is 0 Å². The minimum Gasteiger partial charge on any atom is -0.302 e. The number of thioether (sulfide) groups is 1. The van der Waals surface area contributed by atoms with Crippen molar-refractivity contribution in [3.05, 3.63) is 0 Å². The monoisotopic (exact) mass is 307 g/mol. The predicted octanol–water partition coefficient (Wildman–Crippen LogP) is 0.696. The van der Waals surface area contributed by atoms with Gasteiger partial charge in [-0.2, -0.15) is 28.8 Å². The first-order valence-corrected chi connectivity index (χ1v) is 9.56. The molecule has 19 heavy (non-hydrogen) atoms. The van der Waals surface area contributed by atoms with Crippen LogP contribution < -0.4 is 0 Å². The first-order valence-electron chi connectivity index (χ1n) is 7.01. The van der Waals surface area contributed by atoms with Gasteiger partial charge < -0.3 is 4.90 Å². The first kappa shape index (κ1) is 15.6.